The van der Waals surface area contributed by atoms with Gasteiger partial charge in [0.15, 0.2) is 11.5 Å². The molecule has 1 aliphatic rings. The van der Waals surface area contributed by atoms with Gasteiger partial charge in [-0.3, -0.25) is 9.59 Å². The lowest BCUT2D eigenvalue weighted by Gasteiger charge is -2.22. The summed E-state index contributed by atoms with van der Waals surface area (Å²) < 4.78 is 10.4. The molecule has 0 radical (unpaired) electrons. The van der Waals surface area contributed by atoms with Gasteiger partial charge in [-0.05, 0) is 12.1 Å². The molecule has 2 rings (SSSR count). The molecule has 1 aliphatic heterocycles. The Balaban J connectivity index is 2.16. The van der Waals surface area contributed by atoms with Gasteiger partial charge in [0.2, 0.25) is 6.79 Å². The first-order valence-electron chi connectivity index (χ1n) is 5.64. The fourth-order valence-electron chi connectivity index (χ4n) is 1.78. The number of fused-ring (bicyclic) bond motifs is 1. The summed E-state index contributed by atoms with van der Waals surface area (Å²) in [6, 6.07) is 5.00. The van der Waals surface area contributed by atoms with E-state index in [1.165, 1.54) is 4.90 Å². The van der Waals surface area contributed by atoms with Crippen molar-refractivity contribution in [1.29, 1.82) is 0 Å². The Bertz CT molecular complexity index is 501. The van der Waals surface area contributed by atoms with Gasteiger partial charge in [0.1, 0.15) is 6.54 Å². The van der Waals surface area contributed by atoms with Gasteiger partial charge in [-0.25, -0.2) is 0 Å². The Labute approximate surface area is 109 Å². The number of carboxylic acids is 2. The molecule has 1 aromatic carbocycles. The molecular formula is C12H13NO6. The minimum atomic E-state index is -1.02. The maximum atomic E-state index is 10.8. The number of hydrogen-bond donors (Lipinski definition) is 2. The van der Waals surface area contributed by atoms with Gasteiger partial charge in [-0.15, -0.1) is 0 Å². The second-order valence-corrected chi connectivity index (χ2v) is 4.00. The Kier molecular flexibility index (Phi) is 3.74. The largest absolute Gasteiger partial charge is 0.481 e. The number of carboxylic acid groups (broad SMARTS) is 2. The highest BCUT2D eigenvalue weighted by Gasteiger charge is 2.18. The van der Waals surface area contributed by atoms with Crippen molar-refractivity contribution in [3.8, 4) is 11.5 Å². The molecule has 0 spiro atoms. The molecule has 7 nitrogen and oxygen atoms in total. The molecule has 1 aromatic rings. The lowest BCUT2D eigenvalue weighted by Crippen LogP contribution is -2.31. The average molecular weight is 267 g/mol. The van der Waals surface area contributed by atoms with E-state index in [0.717, 1.165) is 0 Å². The molecule has 0 amide bonds. The van der Waals surface area contributed by atoms with Crippen LogP contribution in [0.4, 0.5) is 5.69 Å². The lowest BCUT2D eigenvalue weighted by molar-refractivity contribution is -0.138. The van der Waals surface area contributed by atoms with E-state index in [1.54, 1.807) is 18.2 Å². The van der Waals surface area contributed by atoms with Crippen LogP contribution in [0.5, 0.6) is 11.5 Å². The van der Waals surface area contributed by atoms with E-state index < -0.39 is 11.9 Å². The summed E-state index contributed by atoms with van der Waals surface area (Å²) in [5.41, 5.74) is 0.591. The first-order valence-corrected chi connectivity index (χ1v) is 5.64. The van der Waals surface area contributed by atoms with Gasteiger partial charge in [0, 0.05) is 18.3 Å². The number of hydrogen-bond acceptors (Lipinski definition) is 5. The lowest BCUT2D eigenvalue weighted by atomic mass is 10.2. The van der Waals surface area contributed by atoms with Crippen LogP contribution in [0.3, 0.4) is 0 Å². The number of carbonyl (C=O) groups is 2. The number of rotatable bonds is 6. The topological polar surface area (TPSA) is 96.3 Å². The summed E-state index contributed by atoms with van der Waals surface area (Å²) in [4.78, 5) is 22.9. The third kappa shape index (κ3) is 3.27. The predicted molar refractivity (Wildman–Crippen MR) is 64.7 cm³/mol. The first-order chi connectivity index (χ1) is 9.06. The van der Waals surface area contributed by atoms with E-state index >= 15 is 0 Å². The van der Waals surface area contributed by atoms with Crippen LogP contribution in [0.1, 0.15) is 6.42 Å². The summed E-state index contributed by atoms with van der Waals surface area (Å²) in [5.74, 6) is -0.875. The van der Waals surface area contributed by atoms with E-state index in [1.807, 2.05) is 0 Å². The van der Waals surface area contributed by atoms with Crippen molar-refractivity contribution >= 4 is 17.6 Å². The zero-order valence-electron chi connectivity index (χ0n) is 10.0. The fraction of sp³-hybridized carbons (Fsp3) is 0.333. The summed E-state index contributed by atoms with van der Waals surface area (Å²) in [7, 11) is 0. The third-order valence-electron chi connectivity index (χ3n) is 2.64. The van der Waals surface area contributed by atoms with Crippen molar-refractivity contribution < 1.29 is 29.3 Å². The van der Waals surface area contributed by atoms with Crippen LogP contribution in [-0.2, 0) is 9.59 Å². The molecule has 19 heavy (non-hydrogen) atoms. The first kappa shape index (κ1) is 13.0. The molecule has 0 aromatic heterocycles. The number of ether oxygens (including phenoxy) is 2. The van der Waals surface area contributed by atoms with Gasteiger partial charge < -0.3 is 24.6 Å². The van der Waals surface area contributed by atoms with Gasteiger partial charge in [0.05, 0.1) is 6.42 Å². The highest BCUT2D eigenvalue weighted by molar-refractivity contribution is 5.75. The predicted octanol–water partition coefficient (Wildman–Crippen LogP) is 0.781. The van der Waals surface area contributed by atoms with Crippen molar-refractivity contribution in [1.82, 2.24) is 0 Å². The van der Waals surface area contributed by atoms with Crippen molar-refractivity contribution in [2.75, 3.05) is 24.8 Å². The van der Waals surface area contributed by atoms with Crippen LogP contribution in [0, 0.1) is 0 Å². The van der Waals surface area contributed by atoms with E-state index in [-0.39, 0.29) is 26.3 Å². The van der Waals surface area contributed by atoms with Gasteiger partial charge in [0.25, 0.3) is 0 Å². The highest BCUT2D eigenvalue weighted by Crippen LogP contribution is 2.35. The van der Waals surface area contributed by atoms with E-state index in [9.17, 15) is 9.59 Å². The summed E-state index contributed by atoms with van der Waals surface area (Å²) >= 11 is 0. The zero-order valence-corrected chi connectivity index (χ0v) is 10.0. The normalized spacial score (nSPS) is 12.2. The van der Waals surface area contributed by atoms with Gasteiger partial charge >= 0.3 is 11.9 Å². The smallest absolute Gasteiger partial charge is 0.323 e. The summed E-state index contributed by atoms with van der Waals surface area (Å²) in [6.45, 7) is -0.0267. The Morgan fingerprint density at radius 3 is 2.58 bits per heavy atom. The van der Waals surface area contributed by atoms with Crippen LogP contribution in [0.15, 0.2) is 18.2 Å². The molecule has 0 saturated carbocycles. The molecule has 7 heteroatoms. The van der Waals surface area contributed by atoms with Crippen LogP contribution in [0.25, 0.3) is 0 Å². The second kappa shape index (κ2) is 5.47. The Morgan fingerprint density at radius 1 is 1.16 bits per heavy atom. The van der Waals surface area contributed by atoms with E-state index in [0.29, 0.717) is 17.2 Å². The molecule has 0 aliphatic carbocycles. The number of anilines is 1. The number of nitrogens with zero attached hydrogens (tertiary/aromatic N) is 1. The monoisotopic (exact) mass is 267 g/mol. The van der Waals surface area contributed by atoms with E-state index in [2.05, 4.69) is 0 Å². The number of benzene rings is 1. The molecule has 0 saturated heterocycles. The molecule has 102 valence electrons. The van der Waals surface area contributed by atoms with Crippen LogP contribution < -0.4 is 14.4 Å². The third-order valence-corrected chi connectivity index (χ3v) is 2.64. The fourth-order valence-corrected chi connectivity index (χ4v) is 1.78. The van der Waals surface area contributed by atoms with Crippen LogP contribution in [0.2, 0.25) is 0 Å². The Morgan fingerprint density at radius 2 is 1.89 bits per heavy atom. The molecule has 0 unspecified atom stereocenters. The summed E-state index contributed by atoms with van der Waals surface area (Å²) in [5, 5.41) is 17.5. The quantitative estimate of drug-likeness (QED) is 0.786. The van der Waals surface area contributed by atoms with Crippen molar-refractivity contribution in [3.05, 3.63) is 18.2 Å². The van der Waals surface area contributed by atoms with Crippen molar-refractivity contribution in [2.24, 2.45) is 0 Å². The molecular weight excluding hydrogens is 254 g/mol. The standard InChI is InChI=1S/C12H13NO6/c14-11(15)3-4-13(6-12(16)17)8-1-2-9-10(5-8)19-7-18-9/h1-2,5H,3-4,6-7H2,(H,14,15)(H,16,17). The zero-order chi connectivity index (χ0) is 13.8. The van der Waals surface area contributed by atoms with E-state index in [4.69, 9.17) is 19.7 Å². The summed E-state index contributed by atoms with van der Waals surface area (Å²) in [6.07, 6.45) is -0.137. The molecule has 0 bridgehead atoms. The Hall–Kier alpha value is -2.44. The SMILES string of the molecule is O=C(O)CCN(CC(=O)O)c1ccc2c(c1)OCO2. The highest BCUT2D eigenvalue weighted by atomic mass is 16.7. The van der Waals surface area contributed by atoms with Crippen molar-refractivity contribution in [3.63, 3.8) is 0 Å². The van der Waals surface area contributed by atoms with Gasteiger partial charge in [-0.2, -0.15) is 0 Å². The van der Waals surface area contributed by atoms with Gasteiger partial charge in [-0.1, -0.05) is 0 Å². The molecule has 2 N–H and O–H groups in total. The van der Waals surface area contributed by atoms with Crippen molar-refractivity contribution in [2.45, 2.75) is 6.42 Å². The maximum absolute atomic E-state index is 10.8. The molecule has 0 atom stereocenters. The maximum Gasteiger partial charge on any atom is 0.323 e. The van der Waals surface area contributed by atoms with Crippen LogP contribution >= 0.6 is 0 Å². The minimum absolute atomic E-state index is 0.112. The second-order valence-electron chi connectivity index (χ2n) is 4.00. The minimum Gasteiger partial charge on any atom is -0.481 e. The molecule has 0 fully saturated rings. The molecule has 1 heterocycles. The van der Waals surface area contributed by atoms with Crippen LogP contribution in [-0.4, -0.2) is 42.0 Å². The number of aliphatic carboxylic acids is 2. The average Bonchev–Trinajstić information content (AvgIpc) is 2.80.